The maximum Gasteiger partial charge on any atom is 0.0718 e. The number of rotatable bonds is 2. The van der Waals surface area contributed by atoms with E-state index in [-0.39, 0.29) is 0 Å². The Bertz CT molecular complexity index is 157. The van der Waals surface area contributed by atoms with Gasteiger partial charge in [0.2, 0.25) is 0 Å². The third-order valence-electron chi connectivity index (χ3n) is 1.11. The molecule has 1 radical (unpaired) electrons. The van der Waals surface area contributed by atoms with Crippen LogP contribution >= 0.6 is 0 Å². The van der Waals surface area contributed by atoms with Gasteiger partial charge in [0.25, 0.3) is 0 Å². The quantitative estimate of drug-likeness (QED) is 0.581. The summed E-state index contributed by atoms with van der Waals surface area (Å²) in [6.07, 6.45) is 0. The molecule has 0 heterocycles. The molecule has 0 aliphatic rings. The molecule has 1 aromatic carbocycles. The van der Waals surface area contributed by atoms with E-state index in [1.165, 1.54) is 0 Å². The van der Waals surface area contributed by atoms with Gasteiger partial charge < -0.3 is 4.74 Å². The second-order valence-corrected chi connectivity index (χ2v) is 1.83. The minimum Gasteiger partial charge on any atom is -0.374 e. The van der Waals surface area contributed by atoms with Crippen LogP contribution in [-0.2, 0) is 11.3 Å². The van der Waals surface area contributed by atoms with Gasteiger partial charge in [-0.3, -0.25) is 0 Å². The molecule has 0 amide bonds. The molecule has 9 heavy (non-hydrogen) atoms. The monoisotopic (exact) mass is 121 g/mol. The van der Waals surface area contributed by atoms with Gasteiger partial charge in [-0.15, -0.1) is 0 Å². The summed E-state index contributed by atoms with van der Waals surface area (Å²) in [5.41, 5.74) is 1.16. The van der Waals surface area contributed by atoms with Crippen LogP contribution in [0.1, 0.15) is 5.56 Å². The minimum absolute atomic E-state index is 0.598. The second-order valence-electron chi connectivity index (χ2n) is 1.83. The molecule has 0 aromatic heterocycles. The van der Waals surface area contributed by atoms with E-state index in [1.807, 2.05) is 30.3 Å². The number of hydrogen-bond donors (Lipinski definition) is 0. The zero-order chi connectivity index (χ0) is 6.53. The highest BCUT2D eigenvalue weighted by Crippen LogP contribution is 1.98. The molecule has 0 aliphatic heterocycles. The van der Waals surface area contributed by atoms with Crippen molar-refractivity contribution in [1.82, 2.24) is 0 Å². The lowest BCUT2D eigenvalue weighted by Gasteiger charge is -1.95. The zero-order valence-electron chi connectivity index (χ0n) is 5.21. The van der Waals surface area contributed by atoms with Gasteiger partial charge in [0.15, 0.2) is 0 Å². The average Bonchev–Trinajstić information content (AvgIpc) is 1.91. The summed E-state index contributed by atoms with van der Waals surface area (Å²) >= 11 is 0. The Kier molecular flexibility index (Phi) is 2.28. The average molecular weight is 121 g/mol. The number of benzene rings is 1. The Morgan fingerprint density at radius 1 is 1.22 bits per heavy atom. The van der Waals surface area contributed by atoms with Crippen LogP contribution in [0.25, 0.3) is 0 Å². The lowest BCUT2D eigenvalue weighted by atomic mass is 10.2. The van der Waals surface area contributed by atoms with Crippen molar-refractivity contribution in [1.29, 1.82) is 0 Å². The largest absolute Gasteiger partial charge is 0.374 e. The highest BCUT2D eigenvalue weighted by atomic mass is 16.5. The molecule has 47 valence electrons. The molecule has 1 aromatic rings. The molecule has 0 saturated heterocycles. The lowest BCUT2D eigenvalue weighted by molar-refractivity contribution is 0.229. The summed E-state index contributed by atoms with van der Waals surface area (Å²) in [7, 11) is 3.28. The molecular weight excluding hydrogens is 112 g/mol. The van der Waals surface area contributed by atoms with Crippen LogP contribution in [0.15, 0.2) is 30.3 Å². The molecule has 0 aliphatic carbocycles. The van der Waals surface area contributed by atoms with Crippen LogP contribution in [0.5, 0.6) is 0 Å². The van der Waals surface area contributed by atoms with Gasteiger partial charge in [0.05, 0.1) is 13.7 Å². The fourth-order valence-corrected chi connectivity index (χ4v) is 0.692. The molecule has 0 bridgehead atoms. The van der Waals surface area contributed by atoms with E-state index in [0.717, 1.165) is 5.56 Å². The standard InChI is InChI=1S/C8H9O/c1-9-7-8-5-3-2-4-6-8/h2-6H,1,7H2. The van der Waals surface area contributed by atoms with Crippen LogP contribution in [0.4, 0.5) is 0 Å². The van der Waals surface area contributed by atoms with Crippen molar-refractivity contribution in [2.75, 3.05) is 0 Å². The second kappa shape index (κ2) is 3.25. The fraction of sp³-hybridized carbons (Fsp3) is 0.125. The predicted molar refractivity (Wildman–Crippen MR) is 36.6 cm³/mol. The van der Waals surface area contributed by atoms with E-state index in [9.17, 15) is 0 Å². The highest BCUT2D eigenvalue weighted by Gasteiger charge is 1.84. The van der Waals surface area contributed by atoms with E-state index in [4.69, 9.17) is 0 Å². The molecule has 0 atom stereocenters. The Hall–Kier alpha value is -0.820. The van der Waals surface area contributed by atoms with E-state index in [1.54, 1.807) is 0 Å². The topological polar surface area (TPSA) is 9.23 Å². The lowest BCUT2D eigenvalue weighted by Crippen LogP contribution is -1.82. The van der Waals surface area contributed by atoms with Crippen LogP contribution in [0.3, 0.4) is 0 Å². The summed E-state index contributed by atoms with van der Waals surface area (Å²) in [5.74, 6) is 0. The first kappa shape index (κ1) is 6.30. The molecule has 0 N–H and O–H groups in total. The smallest absolute Gasteiger partial charge is 0.0718 e. The molecule has 0 spiro atoms. The van der Waals surface area contributed by atoms with Gasteiger partial charge in [-0.2, -0.15) is 0 Å². The first-order valence-corrected chi connectivity index (χ1v) is 2.84. The predicted octanol–water partition coefficient (Wildman–Crippen LogP) is 1.99. The van der Waals surface area contributed by atoms with Crippen molar-refractivity contribution in [2.45, 2.75) is 6.61 Å². The number of hydrogen-bond acceptors (Lipinski definition) is 1. The molecule has 1 rings (SSSR count). The first-order chi connectivity index (χ1) is 4.43. The van der Waals surface area contributed by atoms with Crippen molar-refractivity contribution in [3.63, 3.8) is 0 Å². The van der Waals surface area contributed by atoms with Crippen LogP contribution < -0.4 is 0 Å². The zero-order valence-corrected chi connectivity index (χ0v) is 5.21. The first-order valence-electron chi connectivity index (χ1n) is 2.84. The molecule has 1 nitrogen and oxygen atoms in total. The van der Waals surface area contributed by atoms with Crippen molar-refractivity contribution in [3.8, 4) is 0 Å². The Morgan fingerprint density at radius 2 is 1.89 bits per heavy atom. The molecule has 0 fully saturated rings. The van der Waals surface area contributed by atoms with Crippen molar-refractivity contribution in [2.24, 2.45) is 0 Å². The summed E-state index contributed by atoms with van der Waals surface area (Å²) in [5, 5.41) is 0. The van der Waals surface area contributed by atoms with Crippen LogP contribution in [-0.4, -0.2) is 0 Å². The summed E-state index contributed by atoms with van der Waals surface area (Å²) < 4.78 is 4.68. The summed E-state index contributed by atoms with van der Waals surface area (Å²) in [4.78, 5) is 0. The summed E-state index contributed by atoms with van der Waals surface area (Å²) in [6, 6.07) is 9.95. The molecular formula is C8H9O. The Labute approximate surface area is 55.3 Å². The van der Waals surface area contributed by atoms with Crippen molar-refractivity contribution in [3.05, 3.63) is 43.0 Å². The molecule has 0 unspecified atom stereocenters. The highest BCUT2D eigenvalue weighted by molar-refractivity contribution is 5.13. The van der Waals surface area contributed by atoms with Gasteiger partial charge in [-0.05, 0) is 5.56 Å². The van der Waals surface area contributed by atoms with Crippen LogP contribution in [0.2, 0.25) is 0 Å². The van der Waals surface area contributed by atoms with E-state index >= 15 is 0 Å². The van der Waals surface area contributed by atoms with Crippen molar-refractivity contribution >= 4 is 0 Å². The van der Waals surface area contributed by atoms with Crippen molar-refractivity contribution < 1.29 is 4.74 Å². The fourth-order valence-electron chi connectivity index (χ4n) is 0.692. The normalized spacial score (nSPS) is 9.44. The maximum absolute atomic E-state index is 4.68. The Morgan fingerprint density at radius 3 is 2.44 bits per heavy atom. The van der Waals surface area contributed by atoms with Gasteiger partial charge >= 0.3 is 0 Å². The molecule has 0 saturated carbocycles. The third-order valence-corrected chi connectivity index (χ3v) is 1.11. The van der Waals surface area contributed by atoms with Crippen LogP contribution in [0, 0.1) is 7.11 Å². The molecule has 1 heteroatoms. The maximum atomic E-state index is 4.68. The van der Waals surface area contributed by atoms with E-state index in [0.29, 0.717) is 6.61 Å². The van der Waals surface area contributed by atoms with E-state index in [2.05, 4.69) is 11.8 Å². The minimum atomic E-state index is 0.598. The van der Waals surface area contributed by atoms with Gasteiger partial charge in [-0.1, -0.05) is 30.3 Å². The number of ether oxygens (including phenoxy) is 1. The SMILES string of the molecule is [CH2]OCc1ccccc1. The van der Waals surface area contributed by atoms with Gasteiger partial charge in [0.1, 0.15) is 0 Å². The van der Waals surface area contributed by atoms with Gasteiger partial charge in [0, 0.05) is 0 Å². The summed E-state index contributed by atoms with van der Waals surface area (Å²) in [6.45, 7) is 0.598. The van der Waals surface area contributed by atoms with E-state index < -0.39 is 0 Å². The van der Waals surface area contributed by atoms with Gasteiger partial charge in [-0.25, -0.2) is 0 Å². The Balaban J connectivity index is 2.61. The third kappa shape index (κ3) is 1.86.